The van der Waals surface area contributed by atoms with E-state index in [9.17, 15) is 9.59 Å². The highest BCUT2D eigenvalue weighted by Gasteiger charge is 2.20. The molecule has 0 saturated carbocycles. The third kappa shape index (κ3) is 8.12. The van der Waals surface area contributed by atoms with Crippen molar-refractivity contribution in [2.24, 2.45) is 13.0 Å². The summed E-state index contributed by atoms with van der Waals surface area (Å²) in [4.78, 5) is 24.6. The highest BCUT2D eigenvalue weighted by atomic mass is 127. The minimum atomic E-state index is -0.406. The van der Waals surface area contributed by atoms with E-state index in [-0.39, 0.29) is 48.3 Å². The van der Waals surface area contributed by atoms with Crippen LogP contribution in [0.5, 0.6) is 0 Å². The number of ether oxygens (including phenoxy) is 1. The normalized spacial score (nSPS) is 12.6. The monoisotopic (exact) mass is 510 g/mol. The number of halogens is 1. The van der Waals surface area contributed by atoms with Crippen molar-refractivity contribution in [2.45, 2.75) is 46.1 Å². The summed E-state index contributed by atoms with van der Waals surface area (Å²) in [5, 5.41) is 2.81. The first-order valence-electron chi connectivity index (χ1n) is 9.79. The van der Waals surface area contributed by atoms with Crippen molar-refractivity contribution >= 4 is 11.9 Å². The zero-order valence-corrected chi connectivity index (χ0v) is 20.0. The van der Waals surface area contributed by atoms with Crippen LogP contribution >= 0.6 is 0 Å². The number of carbonyl (C=O) groups is 2. The lowest BCUT2D eigenvalue weighted by Crippen LogP contribution is -3.00. The molecule has 2 rings (SSSR count). The van der Waals surface area contributed by atoms with Crippen molar-refractivity contribution in [2.75, 3.05) is 6.54 Å². The quantitative estimate of drug-likeness (QED) is 0.313. The molecule has 0 fully saturated rings. The van der Waals surface area contributed by atoms with Crippen LogP contribution in [0.15, 0.2) is 48.8 Å². The van der Waals surface area contributed by atoms with Gasteiger partial charge in [-0.2, -0.15) is 0 Å². The van der Waals surface area contributed by atoms with Gasteiger partial charge in [0.05, 0.1) is 12.5 Å². The molecule has 2 aromatic rings. The first-order valence-corrected chi connectivity index (χ1v) is 9.79. The molecule has 1 amide bonds. The molecular weight excluding hydrogens is 479 g/mol. The zero-order valence-electron chi connectivity index (χ0n) is 17.8. The maximum Gasteiger partial charge on any atom is 0.313 e. The lowest BCUT2D eigenvalue weighted by Gasteiger charge is -2.18. The standard InChI is InChI=1S/C23H30N2O3.HI/c1-16(2)13-19-8-10-20(11-9-19)18(4)23(27)28-17(3)14-24-22(26)21-7-6-12-25(5)15-21;/h6-12,15-18H,13-14H2,1-5H3;1H. The average Bonchev–Trinajstić information content (AvgIpc) is 2.65. The number of nitrogens with zero attached hydrogens (tertiary/aromatic N) is 1. The second kappa shape index (κ2) is 11.9. The lowest BCUT2D eigenvalue weighted by molar-refractivity contribution is -0.671. The minimum absolute atomic E-state index is 0. The van der Waals surface area contributed by atoms with Crippen LogP contribution in [0.25, 0.3) is 0 Å². The number of hydrogen-bond acceptors (Lipinski definition) is 3. The van der Waals surface area contributed by atoms with E-state index in [0.29, 0.717) is 11.5 Å². The van der Waals surface area contributed by atoms with Crippen LogP contribution in [-0.2, 0) is 23.0 Å². The summed E-state index contributed by atoms with van der Waals surface area (Å²) in [6, 6.07) is 11.7. The Balaban J connectivity index is 0.00000420. The van der Waals surface area contributed by atoms with Crippen molar-refractivity contribution in [3.8, 4) is 0 Å². The molecule has 0 radical (unpaired) electrons. The summed E-state index contributed by atoms with van der Waals surface area (Å²) in [6.07, 6.45) is 4.22. The number of rotatable bonds is 8. The van der Waals surface area contributed by atoms with Gasteiger partial charge in [0.15, 0.2) is 12.4 Å². The molecule has 1 aromatic carbocycles. The molecule has 5 nitrogen and oxygen atoms in total. The fourth-order valence-electron chi connectivity index (χ4n) is 2.95. The molecule has 1 heterocycles. The fourth-order valence-corrected chi connectivity index (χ4v) is 2.95. The first-order chi connectivity index (χ1) is 13.3. The molecule has 0 saturated heterocycles. The van der Waals surface area contributed by atoms with Crippen LogP contribution in [0.4, 0.5) is 0 Å². The van der Waals surface area contributed by atoms with Crippen molar-refractivity contribution in [1.29, 1.82) is 0 Å². The topological polar surface area (TPSA) is 59.3 Å². The van der Waals surface area contributed by atoms with Crippen molar-refractivity contribution in [1.82, 2.24) is 5.32 Å². The van der Waals surface area contributed by atoms with Gasteiger partial charge in [-0.05, 0) is 43.4 Å². The van der Waals surface area contributed by atoms with Gasteiger partial charge < -0.3 is 34.0 Å². The summed E-state index contributed by atoms with van der Waals surface area (Å²) >= 11 is 0. The molecule has 2 unspecified atom stereocenters. The van der Waals surface area contributed by atoms with Crippen LogP contribution in [0, 0.1) is 5.92 Å². The van der Waals surface area contributed by atoms with Crippen LogP contribution in [0.3, 0.4) is 0 Å². The number of aryl methyl sites for hydroxylation is 1. The Bertz CT molecular complexity index is 806. The molecule has 29 heavy (non-hydrogen) atoms. The van der Waals surface area contributed by atoms with Gasteiger partial charge in [0, 0.05) is 6.07 Å². The van der Waals surface area contributed by atoms with E-state index in [1.807, 2.05) is 42.9 Å². The SMILES string of the molecule is CC(C)Cc1ccc(C(C)C(=O)OC(C)CNC(=O)c2ccc[n+](C)c2)cc1.[I-]. The molecule has 158 valence electrons. The van der Waals surface area contributed by atoms with Crippen LogP contribution in [-0.4, -0.2) is 24.5 Å². The van der Waals surface area contributed by atoms with Gasteiger partial charge in [0.25, 0.3) is 5.91 Å². The number of benzene rings is 1. The van der Waals surface area contributed by atoms with Gasteiger partial charge >= 0.3 is 5.97 Å². The predicted molar refractivity (Wildman–Crippen MR) is 109 cm³/mol. The molecule has 2 atom stereocenters. The number of hydrogen-bond donors (Lipinski definition) is 1. The van der Waals surface area contributed by atoms with E-state index in [4.69, 9.17) is 4.74 Å². The second-order valence-corrected chi connectivity index (χ2v) is 7.78. The van der Waals surface area contributed by atoms with Crippen LogP contribution in [0.1, 0.15) is 55.1 Å². The van der Waals surface area contributed by atoms with E-state index < -0.39 is 6.10 Å². The van der Waals surface area contributed by atoms with E-state index in [1.54, 1.807) is 19.2 Å². The zero-order chi connectivity index (χ0) is 20.7. The Morgan fingerprint density at radius 1 is 1.07 bits per heavy atom. The number of carbonyl (C=O) groups excluding carboxylic acids is 2. The van der Waals surface area contributed by atoms with Gasteiger partial charge in [-0.1, -0.05) is 38.1 Å². The summed E-state index contributed by atoms with van der Waals surface area (Å²) < 4.78 is 7.32. The van der Waals surface area contributed by atoms with Gasteiger partial charge in [0.2, 0.25) is 0 Å². The van der Waals surface area contributed by atoms with Gasteiger partial charge in [-0.25, -0.2) is 4.57 Å². The Morgan fingerprint density at radius 2 is 1.72 bits per heavy atom. The number of nitrogens with one attached hydrogen (secondary N) is 1. The highest BCUT2D eigenvalue weighted by Crippen LogP contribution is 2.19. The molecule has 0 spiro atoms. The minimum Gasteiger partial charge on any atom is -1.00 e. The predicted octanol–water partition coefficient (Wildman–Crippen LogP) is 0.179. The highest BCUT2D eigenvalue weighted by molar-refractivity contribution is 5.93. The molecule has 1 N–H and O–H groups in total. The molecule has 0 aliphatic carbocycles. The van der Waals surface area contributed by atoms with Gasteiger partial charge in [-0.15, -0.1) is 0 Å². The maximum absolute atomic E-state index is 12.4. The van der Waals surface area contributed by atoms with Crippen molar-refractivity contribution in [3.05, 3.63) is 65.5 Å². The molecule has 0 aliphatic rings. The second-order valence-electron chi connectivity index (χ2n) is 7.78. The average molecular weight is 510 g/mol. The maximum atomic E-state index is 12.4. The van der Waals surface area contributed by atoms with E-state index in [0.717, 1.165) is 12.0 Å². The number of pyridine rings is 1. The Kier molecular flexibility index (Phi) is 10.3. The Labute approximate surface area is 190 Å². The van der Waals surface area contributed by atoms with E-state index in [2.05, 4.69) is 31.3 Å². The fraction of sp³-hybridized carbons (Fsp3) is 0.435. The molecule has 6 heteroatoms. The summed E-state index contributed by atoms with van der Waals surface area (Å²) in [6.45, 7) is 8.26. The van der Waals surface area contributed by atoms with E-state index in [1.165, 1.54) is 5.56 Å². The molecule has 0 aliphatic heterocycles. The number of amides is 1. The molecule has 1 aromatic heterocycles. The molecule has 0 bridgehead atoms. The number of aromatic nitrogens is 1. The Hall–Kier alpha value is -1.96. The summed E-state index contributed by atoms with van der Waals surface area (Å²) in [5.41, 5.74) is 2.77. The van der Waals surface area contributed by atoms with Crippen molar-refractivity contribution < 1.29 is 42.9 Å². The van der Waals surface area contributed by atoms with Crippen LogP contribution < -0.4 is 33.9 Å². The third-order valence-corrected chi connectivity index (χ3v) is 4.55. The summed E-state index contributed by atoms with van der Waals surface area (Å²) in [5.74, 6) is -0.223. The summed E-state index contributed by atoms with van der Waals surface area (Å²) in [7, 11) is 1.86. The van der Waals surface area contributed by atoms with Gasteiger partial charge in [0.1, 0.15) is 18.7 Å². The molecular formula is C23H31IN2O3. The first kappa shape index (κ1) is 25.1. The van der Waals surface area contributed by atoms with Gasteiger partial charge in [-0.3, -0.25) is 9.59 Å². The number of esters is 1. The van der Waals surface area contributed by atoms with Crippen molar-refractivity contribution in [3.63, 3.8) is 0 Å². The van der Waals surface area contributed by atoms with E-state index >= 15 is 0 Å². The van der Waals surface area contributed by atoms with Crippen LogP contribution in [0.2, 0.25) is 0 Å². The Morgan fingerprint density at radius 3 is 2.31 bits per heavy atom. The smallest absolute Gasteiger partial charge is 0.313 e. The lowest BCUT2D eigenvalue weighted by atomic mass is 9.97. The third-order valence-electron chi connectivity index (χ3n) is 4.55. The largest absolute Gasteiger partial charge is 1.00 e.